The molecule has 0 spiro atoms. The highest BCUT2D eigenvalue weighted by Crippen LogP contribution is 2.33. The summed E-state index contributed by atoms with van der Waals surface area (Å²) in [6.45, 7) is 5.11. The van der Waals surface area contributed by atoms with Crippen molar-refractivity contribution >= 4 is 29.0 Å². The van der Waals surface area contributed by atoms with Crippen LogP contribution in [0.25, 0.3) is 6.08 Å². The minimum Gasteiger partial charge on any atom is -0.492 e. The lowest BCUT2D eigenvalue weighted by atomic mass is 10.2. The summed E-state index contributed by atoms with van der Waals surface area (Å²) in [6.07, 6.45) is 3.45. The van der Waals surface area contributed by atoms with Crippen LogP contribution in [0.2, 0.25) is 0 Å². The van der Waals surface area contributed by atoms with E-state index in [-0.39, 0.29) is 24.3 Å². The van der Waals surface area contributed by atoms with Crippen molar-refractivity contribution in [3.63, 3.8) is 0 Å². The van der Waals surface area contributed by atoms with E-state index in [9.17, 15) is 9.59 Å². The molecule has 0 unspecified atom stereocenters. The van der Waals surface area contributed by atoms with E-state index in [0.29, 0.717) is 17.2 Å². The van der Waals surface area contributed by atoms with Crippen molar-refractivity contribution in [3.05, 3.63) is 82.4 Å². The number of para-hydroxylation sites is 1. The van der Waals surface area contributed by atoms with Gasteiger partial charge in [-0.3, -0.25) is 14.5 Å². The number of hydrogen-bond acceptors (Lipinski definition) is 5. The summed E-state index contributed by atoms with van der Waals surface area (Å²) in [5.74, 6) is 1.29. The van der Waals surface area contributed by atoms with Gasteiger partial charge in [-0.2, -0.15) is 0 Å². The maximum Gasteiger partial charge on any atom is 0.293 e. The van der Waals surface area contributed by atoms with Crippen LogP contribution in [-0.4, -0.2) is 33.8 Å². The summed E-state index contributed by atoms with van der Waals surface area (Å²) in [6, 6.07) is 15.1. The molecule has 0 aliphatic carbocycles. The van der Waals surface area contributed by atoms with E-state index in [4.69, 9.17) is 9.15 Å². The molecule has 0 bridgehead atoms. The number of carbonyl (C=O) groups excluding carboxylic acids is 2. The van der Waals surface area contributed by atoms with Crippen molar-refractivity contribution in [2.75, 3.05) is 13.2 Å². The summed E-state index contributed by atoms with van der Waals surface area (Å²) in [4.78, 5) is 26.8. The molecule has 154 valence electrons. The van der Waals surface area contributed by atoms with Gasteiger partial charge in [-0.1, -0.05) is 18.2 Å². The van der Waals surface area contributed by atoms with Crippen molar-refractivity contribution in [2.45, 2.75) is 20.4 Å². The molecule has 2 aromatic heterocycles. The molecule has 7 heteroatoms. The minimum absolute atomic E-state index is 0.217. The third-order valence-corrected chi connectivity index (χ3v) is 5.90. The third-order valence-electron chi connectivity index (χ3n) is 4.99. The van der Waals surface area contributed by atoms with E-state index in [2.05, 4.69) is 4.57 Å². The Balaban J connectivity index is 1.45. The van der Waals surface area contributed by atoms with Crippen LogP contribution in [0.4, 0.5) is 4.79 Å². The zero-order chi connectivity index (χ0) is 21.1. The second-order valence-electron chi connectivity index (χ2n) is 6.99. The first kappa shape index (κ1) is 20.1. The van der Waals surface area contributed by atoms with Crippen LogP contribution in [0, 0.1) is 13.8 Å². The van der Waals surface area contributed by atoms with Gasteiger partial charge in [0.1, 0.15) is 18.1 Å². The van der Waals surface area contributed by atoms with Gasteiger partial charge in [0.05, 0.1) is 24.3 Å². The first-order chi connectivity index (χ1) is 14.5. The number of aromatic nitrogens is 1. The van der Waals surface area contributed by atoms with Crippen LogP contribution in [0.15, 0.2) is 64.1 Å². The summed E-state index contributed by atoms with van der Waals surface area (Å²) in [5, 5.41) is -0.271. The normalized spacial score (nSPS) is 15.4. The van der Waals surface area contributed by atoms with E-state index in [0.717, 1.165) is 34.5 Å². The van der Waals surface area contributed by atoms with Gasteiger partial charge in [-0.25, -0.2) is 0 Å². The topological polar surface area (TPSA) is 64.7 Å². The first-order valence-corrected chi connectivity index (χ1v) is 10.5. The number of benzene rings is 1. The zero-order valence-electron chi connectivity index (χ0n) is 16.8. The number of hydrogen-bond donors (Lipinski definition) is 0. The summed E-state index contributed by atoms with van der Waals surface area (Å²) in [5.41, 5.74) is 3.00. The molecular formula is C23H22N2O4S. The molecule has 6 nitrogen and oxygen atoms in total. The van der Waals surface area contributed by atoms with Gasteiger partial charge in [-0.05, 0) is 67.6 Å². The first-order valence-electron chi connectivity index (χ1n) is 9.65. The van der Waals surface area contributed by atoms with E-state index >= 15 is 0 Å². The standard InChI is InChI=1S/C23H22N2O4S/c1-16-13-18(17(2)25(16)15-20-9-6-11-28-20)14-21-22(26)24(23(27)30-21)10-12-29-19-7-4-3-5-8-19/h3-9,11,13-14H,10,12,15H2,1-2H3/b21-14-. The molecule has 0 saturated carbocycles. The highest BCUT2D eigenvalue weighted by Gasteiger charge is 2.35. The van der Waals surface area contributed by atoms with E-state index in [1.165, 1.54) is 4.90 Å². The van der Waals surface area contributed by atoms with Crippen LogP contribution in [0.1, 0.15) is 22.7 Å². The number of ether oxygens (including phenoxy) is 1. The molecular weight excluding hydrogens is 400 g/mol. The predicted molar refractivity (Wildman–Crippen MR) is 116 cm³/mol. The molecule has 0 N–H and O–H groups in total. The Morgan fingerprint density at radius 1 is 1.10 bits per heavy atom. The largest absolute Gasteiger partial charge is 0.492 e. The average Bonchev–Trinajstić information content (AvgIpc) is 3.41. The maximum atomic E-state index is 12.8. The van der Waals surface area contributed by atoms with Gasteiger partial charge in [-0.15, -0.1) is 0 Å². The number of furan rings is 1. The summed E-state index contributed by atoms with van der Waals surface area (Å²) in [7, 11) is 0. The van der Waals surface area contributed by atoms with Gasteiger partial charge in [0.2, 0.25) is 0 Å². The van der Waals surface area contributed by atoms with Crippen LogP contribution >= 0.6 is 11.8 Å². The zero-order valence-corrected chi connectivity index (χ0v) is 17.6. The molecule has 4 rings (SSSR count). The molecule has 30 heavy (non-hydrogen) atoms. The van der Waals surface area contributed by atoms with Gasteiger partial charge < -0.3 is 13.7 Å². The SMILES string of the molecule is Cc1cc(/C=C2\SC(=O)N(CCOc3ccccc3)C2=O)c(C)n1Cc1ccco1. The Bertz CT molecular complexity index is 1080. The van der Waals surface area contributed by atoms with Crippen LogP contribution in [0.3, 0.4) is 0 Å². The number of imide groups is 1. The summed E-state index contributed by atoms with van der Waals surface area (Å²) < 4.78 is 13.2. The van der Waals surface area contributed by atoms with Gasteiger partial charge in [0.15, 0.2) is 0 Å². The Hall–Kier alpha value is -3.19. The van der Waals surface area contributed by atoms with Gasteiger partial charge in [0, 0.05) is 11.4 Å². The highest BCUT2D eigenvalue weighted by atomic mass is 32.2. The lowest BCUT2D eigenvalue weighted by Gasteiger charge is -2.13. The van der Waals surface area contributed by atoms with Gasteiger partial charge in [0.25, 0.3) is 11.1 Å². The van der Waals surface area contributed by atoms with Crippen LogP contribution in [-0.2, 0) is 11.3 Å². The number of carbonyl (C=O) groups is 2. The fourth-order valence-corrected chi connectivity index (χ4v) is 4.24. The molecule has 0 radical (unpaired) electrons. The number of thioether (sulfide) groups is 1. The van der Waals surface area contributed by atoms with Crippen molar-refractivity contribution in [1.29, 1.82) is 0 Å². The number of nitrogens with zero attached hydrogens (tertiary/aromatic N) is 2. The molecule has 1 saturated heterocycles. The minimum atomic E-state index is -0.280. The molecule has 1 aromatic carbocycles. The maximum absolute atomic E-state index is 12.8. The lowest BCUT2D eigenvalue weighted by Crippen LogP contribution is -2.32. The second kappa shape index (κ2) is 8.67. The quantitative estimate of drug-likeness (QED) is 0.509. The molecule has 1 fully saturated rings. The monoisotopic (exact) mass is 422 g/mol. The number of rotatable bonds is 7. The fraction of sp³-hybridized carbons (Fsp3) is 0.217. The van der Waals surface area contributed by atoms with E-state index in [1.54, 1.807) is 12.3 Å². The predicted octanol–water partition coefficient (Wildman–Crippen LogP) is 4.86. The highest BCUT2D eigenvalue weighted by molar-refractivity contribution is 8.18. The Labute approximate surface area is 179 Å². The van der Waals surface area contributed by atoms with Crippen LogP contribution in [0.5, 0.6) is 5.75 Å². The Morgan fingerprint density at radius 2 is 1.90 bits per heavy atom. The van der Waals surface area contributed by atoms with Gasteiger partial charge >= 0.3 is 0 Å². The number of aryl methyl sites for hydroxylation is 1. The van der Waals surface area contributed by atoms with Crippen molar-refractivity contribution in [2.24, 2.45) is 0 Å². The van der Waals surface area contributed by atoms with Crippen molar-refractivity contribution in [1.82, 2.24) is 9.47 Å². The molecule has 0 atom stereocenters. The summed E-state index contributed by atoms with van der Waals surface area (Å²) >= 11 is 0.967. The van der Waals surface area contributed by atoms with E-state index < -0.39 is 0 Å². The van der Waals surface area contributed by atoms with E-state index in [1.807, 2.05) is 62.4 Å². The number of amides is 2. The molecule has 1 aliphatic rings. The smallest absolute Gasteiger partial charge is 0.293 e. The molecule has 3 aromatic rings. The molecule has 3 heterocycles. The second-order valence-corrected chi connectivity index (χ2v) is 7.98. The Kier molecular flexibility index (Phi) is 5.81. The lowest BCUT2D eigenvalue weighted by molar-refractivity contribution is -0.123. The molecule has 1 aliphatic heterocycles. The van der Waals surface area contributed by atoms with Crippen molar-refractivity contribution in [3.8, 4) is 5.75 Å². The van der Waals surface area contributed by atoms with Crippen molar-refractivity contribution < 1.29 is 18.7 Å². The Morgan fingerprint density at radius 3 is 2.63 bits per heavy atom. The average molecular weight is 423 g/mol. The fourth-order valence-electron chi connectivity index (χ4n) is 3.38. The third kappa shape index (κ3) is 4.21. The molecule has 2 amide bonds. The van der Waals surface area contributed by atoms with Crippen LogP contribution < -0.4 is 4.74 Å².